The highest BCUT2D eigenvalue weighted by atomic mass is 32.2. The van der Waals surface area contributed by atoms with Gasteiger partial charge in [-0.2, -0.15) is 0 Å². The highest BCUT2D eigenvalue weighted by Gasteiger charge is 2.77. The van der Waals surface area contributed by atoms with Crippen LogP contribution in [-0.4, -0.2) is 57.8 Å². The summed E-state index contributed by atoms with van der Waals surface area (Å²) in [6.07, 6.45) is 10.5. The third-order valence-corrected chi connectivity index (χ3v) is 15.1. The zero-order valence-corrected chi connectivity index (χ0v) is 25.2. The Bertz CT molecular complexity index is 983. The average molecular weight is 530 g/mol. The van der Waals surface area contributed by atoms with Crippen molar-refractivity contribution in [3.05, 3.63) is 12.7 Å². The maximum atomic E-state index is 13.6. The highest BCUT2D eigenvalue weighted by molar-refractivity contribution is 8.00. The molecule has 0 bridgehead atoms. The first-order valence-corrected chi connectivity index (χ1v) is 16.3. The zero-order valence-electron chi connectivity index (χ0n) is 24.4. The minimum absolute atomic E-state index is 0.0512. The van der Waals surface area contributed by atoms with Crippen molar-refractivity contribution in [2.75, 3.05) is 12.8 Å². The van der Waals surface area contributed by atoms with Gasteiger partial charge in [0.15, 0.2) is 0 Å². The normalized spacial score (nSPS) is 59.1. The fraction of sp³-hybridized carbons (Fsp3) is 0.906. The number of carbonyl (C=O) groups is 1. The molecule has 1 aliphatic heterocycles. The molecule has 5 aliphatic carbocycles. The molecular formula is C32H51NO3S. The highest BCUT2D eigenvalue weighted by Crippen LogP contribution is 2.80. The van der Waals surface area contributed by atoms with Gasteiger partial charge in [0.05, 0.1) is 17.4 Å². The van der Waals surface area contributed by atoms with E-state index in [0.717, 1.165) is 24.8 Å². The Kier molecular flexibility index (Phi) is 5.96. The van der Waals surface area contributed by atoms with Crippen molar-refractivity contribution < 1.29 is 14.6 Å². The van der Waals surface area contributed by atoms with E-state index in [-0.39, 0.29) is 34.2 Å². The number of esters is 1. The largest absolute Gasteiger partial charge is 0.461 e. The quantitative estimate of drug-likeness (QED) is 0.238. The Morgan fingerprint density at radius 3 is 2.57 bits per heavy atom. The molecule has 14 atom stereocenters. The van der Waals surface area contributed by atoms with Gasteiger partial charge in [0, 0.05) is 22.1 Å². The van der Waals surface area contributed by atoms with Crippen LogP contribution in [0.3, 0.4) is 0 Å². The Morgan fingerprint density at radius 2 is 1.95 bits per heavy atom. The van der Waals surface area contributed by atoms with E-state index in [9.17, 15) is 9.90 Å². The molecular weight excluding hydrogens is 478 g/mol. The van der Waals surface area contributed by atoms with Gasteiger partial charge in [0.1, 0.15) is 6.10 Å². The first-order chi connectivity index (χ1) is 17.3. The van der Waals surface area contributed by atoms with Crippen LogP contribution in [0, 0.1) is 45.3 Å². The lowest BCUT2D eigenvalue weighted by Crippen LogP contribution is -2.67. The van der Waals surface area contributed by atoms with Gasteiger partial charge in [-0.1, -0.05) is 54.0 Å². The molecule has 0 aromatic heterocycles. The molecule has 6 rings (SSSR count). The van der Waals surface area contributed by atoms with E-state index in [0.29, 0.717) is 34.8 Å². The van der Waals surface area contributed by atoms with Crippen LogP contribution >= 0.6 is 11.8 Å². The van der Waals surface area contributed by atoms with Crippen LogP contribution in [0.4, 0.5) is 0 Å². The van der Waals surface area contributed by atoms with Crippen LogP contribution in [0.25, 0.3) is 0 Å². The molecule has 1 saturated heterocycles. The minimum Gasteiger partial charge on any atom is -0.461 e. The van der Waals surface area contributed by atoms with Gasteiger partial charge in [0.2, 0.25) is 0 Å². The Morgan fingerprint density at radius 1 is 1.22 bits per heavy atom. The summed E-state index contributed by atoms with van der Waals surface area (Å²) in [6.45, 7) is 18.2. The first kappa shape index (κ1) is 26.7. The number of rotatable bonds is 7. The summed E-state index contributed by atoms with van der Waals surface area (Å²) in [5.41, 5.74) is 0.197. The lowest BCUT2D eigenvalue weighted by atomic mass is 9.36. The van der Waals surface area contributed by atoms with Gasteiger partial charge >= 0.3 is 5.97 Å². The standard InChI is InChI=1S/C32H51NO3S/c1-9-13-31-18-29(6)15-19(3)30(7,27(29)31)23(16-28(5,10-2)26(35)20(31)4)36-25(34)17-37-24-14-21-11-12-22-32(21,24)33(22)8/h10,19-24,26-27,35H,2,9,11-18H2,1,3-8H3. The SMILES string of the molecule is C=CC1(C)CC(OC(=O)CSC2CC3CCC4N(C)C324)C2(C)C(C)CC3(C)CC(CCC)(C(C)C1O)C32. The van der Waals surface area contributed by atoms with Crippen molar-refractivity contribution >= 4 is 17.7 Å². The van der Waals surface area contributed by atoms with Gasteiger partial charge in [0.25, 0.3) is 0 Å². The van der Waals surface area contributed by atoms with E-state index in [4.69, 9.17) is 4.74 Å². The number of aliphatic hydroxyl groups excluding tert-OH is 1. The van der Waals surface area contributed by atoms with E-state index in [2.05, 4.69) is 60.1 Å². The number of hydrogen-bond acceptors (Lipinski definition) is 5. The second-order valence-corrected chi connectivity index (χ2v) is 16.4. The summed E-state index contributed by atoms with van der Waals surface area (Å²) in [7, 11) is 2.28. The van der Waals surface area contributed by atoms with E-state index in [1.165, 1.54) is 32.1 Å². The van der Waals surface area contributed by atoms with Crippen LogP contribution < -0.4 is 0 Å². The first-order valence-electron chi connectivity index (χ1n) is 15.2. The topological polar surface area (TPSA) is 49.5 Å². The third kappa shape index (κ3) is 3.14. The number of likely N-dealkylation sites (tertiary alicyclic amines) is 1. The Labute approximate surface area is 229 Å². The molecule has 1 spiro atoms. The average Bonchev–Trinajstić information content (AvgIpc) is 3.27. The predicted molar refractivity (Wildman–Crippen MR) is 151 cm³/mol. The third-order valence-electron chi connectivity index (χ3n) is 13.7. The van der Waals surface area contributed by atoms with Crippen LogP contribution in [0.1, 0.15) is 92.9 Å². The summed E-state index contributed by atoms with van der Waals surface area (Å²) in [4.78, 5) is 16.1. The molecule has 0 aromatic carbocycles. The molecule has 0 aromatic rings. The molecule has 4 nitrogen and oxygen atoms in total. The molecule has 5 saturated carbocycles. The van der Waals surface area contributed by atoms with Crippen LogP contribution in [0.5, 0.6) is 0 Å². The molecule has 0 amide bonds. The summed E-state index contributed by atoms with van der Waals surface area (Å²) >= 11 is 1.85. The van der Waals surface area contributed by atoms with Crippen LogP contribution in [-0.2, 0) is 9.53 Å². The second-order valence-electron chi connectivity index (χ2n) is 15.2. The zero-order chi connectivity index (χ0) is 26.8. The molecule has 208 valence electrons. The number of ether oxygens (including phenoxy) is 1. The lowest BCUT2D eigenvalue weighted by molar-refractivity contribution is -0.247. The Balaban J connectivity index is 1.27. The number of thioether (sulfide) groups is 1. The molecule has 6 fully saturated rings. The molecule has 37 heavy (non-hydrogen) atoms. The molecule has 1 N–H and O–H groups in total. The number of aliphatic hydroxyl groups is 1. The number of carbonyl (C=O) groups excluding carboxylic acids is 1. The van der Waals surface area contributed by atoms with E-state index in [1.54, 1.807) is 0 Å². The van der Waals surface area contributed by atoms with Gasteiger partial charge in [-0.25, -0.2) is 0 Å². The van der Waals surface area contributed by atoms with Crippen molar-refractivity contribution in [2.45, 2.75) is 122 Å². The van der Waals surface area contributed by atoms with Gasteiger partial charge in [-0.3, -0.25) is 9.69 Å². The van der Waals surface area contributed by atoms with Crippen molar-refractivity contribution in [3.8, 4) is 0 Å². The van der Waals surface area contributed by atoms with E-state index >= 15 is 0 Å². The molecule has 14 unspecified atom stereocenters. The number of piperidine rings is 1. The van der Waals surface area contributed by atoms with Crippen molar-refractivity contribution in [2.24, 2.45) is 45.3 Å². The summed E-state index contributed by atoms with van der Waals surface area (Å²) in [6, 6.07) is 0.753. The molecule has 5 heteroatoms. The Hall–Kier alpha value is -0.520. The minimum atomic E-state index is -0.479. The van der Waals surface area contributed by atoms with Crippen molar-refractivity contribution in [3.63, 3.8) is 0 Å². The lowest BCUT2D eigenvalue weighted by Gasteiger charge is -2.69. The monoisotopic (exact) mass is 529 g/mol. The maximum absolute atomic E-state index is 13.6. The second kappa shape index (κ2) is 8.26. The summed E-state index contributed by atoms with van der Waals surface area (Å²) < 4.78 is 6.60. The maximum Gasteiger partial charge on any atom is 0.316 e. The number of nitrogens with zero attached hydrogens (tertiary/aromatic N) is 1. The van der Waals surface area contributed by atoms with Crippen LogP contribution in [0.2, 0.25) is 0 Å². The fourth-order valence-electron chi connectivity index (χ4n) is 12.1. The van der Waals surface area contributed by atoms with Gasteiger partial charge in [-0.05, 0) is 86.5 Å². The smallest absolute Gasteiger partial charge is 0.316 e. The number of hydrogen-bond donors (Lipinski definition) is 1. The van der Waals surface area contributed by atoms with Gasteiger partial charge < -0.3 is 9.84 Å². The van der Waals surface area contributed by atoms with Crippen molar-refractivity contribution in [1.82, 2.24) is 4.90 Å². The van der Waals surface area contributed by atoms with Gasteiger partial charge in [-0.15, -0.1) is 18.3 Å². The molecule has 0 radical (unpaired) electrons. The predicted octanol–water partition coefficient (Wildman–Crippen LogP) is 6.32. The summed E-state index contributed by atoms with van der Waals surface area (Å²) in [5, 5.41) is 12.4. The van der Waals surface area contributed by atoms with Crippen LogP contribution in [0.15, 0.2) is 12.7 Å². The molecule has 1 heterocycles. The molecule has 6 aliphatic rings. The van der Waals surface area contributed by atoms with Crippen molar-refractivity contribution in [1.29, 1.82) is 0 Å². The van der Waals surface area contributed by atoms with E-state index < -0.39 is 11.5 Å². The fourth-order valence-corrected chi connectivity index (χ4v) is 13.7. The summed E-state index contributed by atoms with van der Waals surface area (Å²) in [5.74, 6) is 2.40. The number of likely N-dealkylation sites (N-methyl/N-ethyl adjacent to an activating group) is 1. The van der Waals surface area contributed by atoms with E-state index in [1.807, 2.05) is 17.8 Å².